The minimum atomic E-state index is -4.31. The van der Waals surface area contributed by atoms with Crippen LogP contribution in [0.15, 0.2) is 35.3 Å². The molecule has 3 aromatic rings. The molecule has 150 valence electrons. The molecular weight excluding hydrogens is 373 g/mol. The van der Waals surface area contributed by atoms with Gasteiger partial charge in [0.2, 0.25) is 0 Å². The highest BCUT2D eigenvalue weighted by Gasteiger charge is 2.32. The molecular formula is C19H21F3N4O2. The minimum absolute atomic E-state index is 0. The van der Waals surface area contributed by atoms with Crippen LogP contribution in [0.3, 0.4) is 0 Å². The number of carbonyl (C=O) groups excluding carboxylic acids is 1. The second-order valence-electron chi connectivity index (χ2n) is 7.08. The van der Waals surface area contributed by atoms with Crippen molar-refractivity contribution in [2.45, 2.75) is 31.9 Å². The van der Waals surface area contributed by atoms with Gasteiger partial charge in [-0.3, -0.25) is 4.79 Å². The molecule has 28 heavy (non-hydrogen) atoms. The van der Waals surface area contributed by atoms with Crippen molar-refractivity contribution in [2.24, 2.45) is 5.92 Å². The fourth-order valence-corrected chi connectivity index (χ4v) is 3.36. The molecule has 3 heterocycles. The molecule has 3 aromatic heterocycles. The number of rotatable bonds is 6. The molecule has 1 saturated carbocycles. The summed E-state index contributed by atoms with van der Waals surface area (Å²) < 4.78 is 43.4. The number of amides is 1. The number of halogens is 3. The summed E-state index contributed by atoms with van der Waals surface area (Å²) in [6.45, 7) is -0.0507. The maximum absolute atomic E-state index is 12.8. The number of hydrogen-bond acceptors (Lipinski definition) is 4. The Morgan fingerprint density at radius 2 is 2.18 bits per heavy atom. The average Bonchev–Trinajstić information content (AvgIpc) is 3.28. The SMILES string of the molecule is O=C(c1cc(-c2ncnc3[nH]ccc23)co1)N(CCC(F)(F)F)CC1CCC1.[HH]. The fourth-order valence-electron chi connectivity index (χ4n) is 3.36. The van der Waals surface area contributed by atoms with Crippen LogP contribution in [0.1, 0.15) is 37.7 Å². The Morgan fingerprint density at radius 1 is 1.36 bits per heavy atom. The molecule has 1 aliphatic rings. The van der Waals surface area contributed by atoms with Gasteiger partial charge in [-0.2, -0.15) is 13.2 Å². The van der Waals surface area contributed by atoms with Crippen LogP contribution in [-0.4, -0.2) is 45.0 Å². The van der Waals surface area contributed by atoms with E-state index in [4.69, 9.17) is 4.42 Å². The summed E-state index contributed by atoms with van der Waals surface area (Å²) in [5.41, 5.74) is 1.82. The number of alkyl halides is 3. The molecule has 0 saturated heterocycles. The smallest absolute Gasteiger partial charge is 0.390 e. The highest BCUT2D eigenvalue weighted by atomic mass is 19.4. The van der Waals surface area contributed by atoms with Crippen LogP contribution in [0.4, 0.5) is 13.2 Å². The lowest BCUT2D eigenvalue weighted by molar-refractivity contribution is -0.137. The standard InChI is InChI=1S/C19H19F3N4O2.H2/c20-19(21,22)5-7-26(9-12-2-1-3-12)18(27)15-8-13(10-28-15)16-14-4-6-23-17(14)25-11-24-16;/h4,6,8,10-12H,1-3,5,7,9H2,(H,23,24,25);1H. The number of H-pyrrole nitrogens is 1. The summed E-state index contributed by atoms with van der Waals surface area (Å²) in [7, 11) is 0. The molecule has 4 rings (SSSR count). The zero-order chi connectivity index (χ0) is 19.7. The number of hydrogen-bond donors (Lipinski definition) is 1. The first-order chi connectivity index (χ1) is 13.4. The van der Waals surface area contributed by atoms with Crippen molar-refractivity contribution in [1.29, 1.82) is 0 Å². The van der Waals surface area contributed by atoms with Crippen molar-refractivity contribution in [3.05, 3.63) is 36.7 Å². The minimum Gasteiger partial charge on any atom is -0.458 e. The van der Waals surface area contributed by atoms with Crippen molar-refractivity contribution in [1.82, 2.24) is 19.9 Å². The first-order valence-corrected chi connectivity index (χ1v) is 9.14. The van der Waals surface area contributed by atoms with Crippen LogP contribution < -0.4 is 0 Å². The lowest BCUT2D eigenvalue weighted by Gasteiger charge is -2.32. The van der Waals surface area contributed by atoms with E-state index in [0.717, 1.165) is 24.6 Å². The van der Waals surface area contributed by atoms with Crippen molar-refractivity contribution < 1.29 is 23.8 Å². The van der Waals surface area contributed by atoms with E-state index in [0.29, 0.717) is 23.4 Å². The highest BCUT2D eigenvalue weighted by molar-refractivity contribution is 5.95. The average molecular weight is 394 g/mol. The lowest BCUT2D eigenvalue weighted by atomic mass is 9.85. The molecule has 1 aliphatic carbocycles. The van der Waals surface area contributed by atoms with E-state index in [1.54, 1.807) is 6.20 Å². The van der Waals surface area contributed by atoms with Crippen LogP contribution in [0.5, 0.6) is 0 Å². The third-order valence-electron chi connectivity index (χ3n) is 5.09. The Hall–Kier alpha value is -2.84. The lowest BCUT2D eigenvalue weighted by Crippen LogP contribution is -2.39. The van der Waals surface area contributed by atoms with Gasteiger partial charge < -0.3 is 14.3 Å². The number of carbonyl (C=O) groups is 1. The van der Waals surface area contributed by atoms with Gasteiger partial charge in [-0.15, -0.1) is 0 Å². The molecule has 0 bridgehead atoms. The molecule has 1 fully saturated rings. The number of nitrogens with zero attached hydrogens (tertiary/aromatic N) is 3. The number of aromatic amines is 1. The predicted octanol–water partition coefficient (Wildman–Crippen LogP) is 4.66. The van der Waals surface area contributed by atoms with E-state index < -0.39 is 18.5 Å². The molecule has 0 aromatic carbocycles. The molecule has 1 N–H and O–H groups in total. The highest BCUT2D eigenvalue weighted by Crippen LogP contribution is 2.30. The topological polar surface area (TPSA) is 75.0 Å². The predicted molar refractivity (Wildman–Crippen MR) is 97.6 cm³/mol. The van der Waals surface area contributed by atoms with Crippen molar-refractivity contribution in [3.8, 4) is 11.3 Å². The van der Waals surface area contributed by atoms with Gasteiger partial charge in [0.25, 0.3) is 5.91 Å². The normalized spacial score (nSPS) is 15.0. The second-order valence-corrected chi connectivity index (χ2v) is 7.08. The van der Waals surface area contributed by atoms with Gasteiger partial charge in [-0.1, -0.05) is 6.42 Å². The maximum atomic E-state index is 12.8. The molecule has 0 aliphatic heterocycles. The zero-order valence-electron chi connectivity index (χ0n) is 15.0. The largest absolute Gasteiger partial charge is 0.458 e. The van der Waals surface area contributed by atoms with Gasteiger partial charge in [-0.05, 0) is 30.9 Å². The second kappa shape index (κ2) is 7.29. The first kappa shape index (κ1) is 18.5. The van der Waals surface area contributed by atoms with Gasteiger partial charge in [0, 0.05) is 31.7 Å². The Kier molecular flexibility index (Phi) is 4.82. The van der Waals surface area contributed by atoms with E-state index >= 15 is 0 Å². The zero-order valence-corrected chi connectivity index (χ0v) is 15.0. The monoisotopic (exact) mass is 394 g/mol. The summed E-state index contributed by atoms with van der Waals surface area (Å²) in [4.78, 5) is 25.4. The Morgan fingerprint density at radius 3 is 2.89 bits per heavy atom. The molecule has 9 heteroatoms. The van der Waals surface area contributed by atoms with Crippen molar-refractivity contribution >= 4 is 16.9 Å². The van der Waals surface area contributed by atoms with Crippen LogP contribution in [0.25, 0.3) is 22.3 Å². The van der Waals surface area contributed by atoms with Crippen molar-refractivity contribution in [2.75, 3.05) is 13.1 Å². The summed E-state index contributed by atoms with van der Waals surface area (Å²) >= 11 is 0. The van der Waals surface area contributed by atoms with Gasteiger partial charge >= 0.3 is 6.18 Å². The molecule has 6 nitrogen and oxygen atoms in total. The molecule has 0 spiro atoms. The van der Waals surface area contributed by atoms with Gasteiger partial charge in [0.15, 0.2) is 5.76 Å². The third kappa shape index (κ3) is 3.88. The summed E-state index contributed by atoms with van der Waals surface area (Å²) in [5.74, 6) is -0.256. The van der Waals surface area contributed by atoms with Crippen LogP contribution in [0.2, 0.25) is 0 Å². The number of aromatic nitrogens is 3. The van der Waals surface area contributed by atoms with Crippen LogP contribution >= 0.6 is 0 Å². The van der Waals surface area contributed by atoms with Gasteiger partial charge in [0.05, 0.1) is 12.1 Å². The van der Waals surface area contributed by atoms with E-state index in [1.165, 1.54) is 23.6 Å². The third-order valence-corrected chi connectivity index (χ3v) is 5.09. The Bertz CT molecular complexity index is 981. The molecule has 0 unspecified atom stereocenters. The molecule has 1 amide bonds. The molecule has 0 atom stereocenters. The van der Waals surface area contributed by atoms with Crippen LogP contribution in [0, 0.1) is 5.92 Å². The van der Waals surface area contributed by atoms with Crippen LogP contribution in [-0.2, 0) is 0 Å². The van der Waals surface area contributed by atoms with Gasteiger partial charge in [-0.25, -0.2) is 9.97 Å². The van der Waals surface area contributed by atoms with E-state index in [1.807, 2.05) is 6.07 Å². The van der Waals surface area contributed by atoms with E-state index in [-0.39, 0.29) is 19.6 Å². The Labute approximate surface area is 160 Å². The number of fused-ring (bicyclic) bond motifs is 1. The van der Waals surface area contributed by atoms with E-state index in [9.17, 15) is 18.0 Å². The first-order valence-electron chi connectivity index (χ1n) is 9.14. The summed E-state index contributed by atoms with van der Waals surface area (Å²) in [5, 5.41) is 0.769. The molecule has 0 radical (unpaired) electrons. The summed E-state index contributed by atoms with van der Waals surface area (Å²) in [6, 6.07) is 3.34. The Balaban J connectivity index is 0.00000240. The number of nitrogens with one attached hydrogen (secondary N) is 1. The summed E-state index contributed by atoms with van der Waals surface area (Å²) in [6.07, 6.45) is 2.10. The van der Waals surface area contributed by atoms with E-state index in [2.05, 4.69) is 15.0 Å². The maximum Gasteiger partial charge on any atom is 0.390 e. The fraction of sp³-hybridized carbons (Fsp3) is 0.421. The van der Waals surface area contributed by atoms with Crippen molar-refractivity contribution in [3.63, 3.8) is 0 Å². The van der Waals surface area contributed by atoms with Gasteiger partial charge in [0.1, 0.15) is 18.2 Å². The number of furan rings is 1. The quantitative estimate of drug-likeness (QED) is 0.660.